The summed E-state index contributed by atoms with van der Waals surface area (Å²) in [5, 5.41) is -4.92. The highest BCUT2D eigenvalue weighted by Crippen LogP contribution is 2.44. The van der Waals surface area contributed by atoms with E-state index in [0.717, 1.165) is 25.7 Å². The van der Waals surface area contributed by atoms with Gasteiger partial charge in [-0.1, -0.05) is 11.6 Å². The van der Waals surface area contributed by atoms with E-state index in [1.807, 2.05) is 6.08 Å². The summed E-state index contributed by atoms with van der Waals surface area (Å²) in [6, 6.07) is 0. The number of hydrogen-bond donors (Lipinski definition) is 1. The molecular weight excluding hydrogens is 349 g/mol. The van der Waals surface area contributed by atoms with Gasteiger partial charge < -0.3 is 4.74 Å². The quantitative estimate of drug-likeness (QED) is 0.441. The van der Waals surface area contributed by atoms with Gasteiger partial charge in [0.05, 0.1) is 12.0 Å². The van der Waals surface area contributed by atoms with Crippen LogP contribution in [0.15, 0.2) is 11.6 Å². The molecule has 0 saturated heterocycles. The number of hydrogen-bond acceptors (Lipinski definition) is 4. The molecule has 0 spiro atoms. The molecule has 24 heavy (non-hydrogen) atoms. The van der Waals surface area contributed by atoms with Gasteiger partial charge in [-0.05, 0) is 44.9 Å². The smallest absolute Gasteiger partial charge is 0.400 e. The largest absolute Gasteiger partial charge is 0.465 e. The first-order valence-corrected chi connectivity index (χ1v) is 9.26. The Kier molecular flexibility index (Phi) is 5.34. The van der Waals surface area contributed by atoms with Gasteiger partial charge in [-0.15, -0.1) is 0 Å². The average molecular weight is 370 g/mol. The molecule has 0 aliphatic heterocycles. The number of esters is 1. The second-order valence-corrected chi connectivity index (χ2v) is 8.31. The third kappa shape index (κ3) is 3.93. The Balaban J connectivity index is 1.92. The number of carbonyl (C=O) groups is 1. The van der Waals surface area contributed by atoms with Crippen LogP contribution in [0.3, 0.4) is 0 Å². The summed E-state index contributed by atoms with van der Waals surface area (Å²) in [5.74, 6) is -0.247. The zero-order chi connectivity index (χ0) is 18.2. The summed E-state index contributed by atoms with van der Waals surface area (Å²) in [6.45, 7) is 1.01. The van der Waals surface area contributed by atoms with E-state index in [1.165, 1.54) is 5.57 Å². The van der Waals surface area contributed by atoms with Gasteiger partial charge in [0.2, 0.25) is 0 Å². The molecule has 3 unspecified atom stereocenters. The van der Waals surface area contributed by atoms with Gasteiger partial charge in [-0.25, -0.2) is 4.39 Å². The highest BCUT2D eigenvalue weighted by Gasteiger charge is 2.52. The van der Waals surface area contributed by atoms with Crippen LogP contribution in [0, 0.1) is 11.3 Å². The molecule has 2 aliphatic carbocycles. The molecule has 1 N–H and O–H groups in total. The molecule has 0 amide bonds. The number of allylic oxidation sites excluding steroid dienone is 1. The molecular formula is C15H21F3O5S. The molecule has 0 aromatic carbocycles. The normalized spacial score (nSPS) is 28.9. The fourth-order valence-electron chi connectivity index (χ4n) is 3.50. The van der Waals surface area contributed by atoms with Gasteiger partial charge in [-0.2, -0.15) is 17.2 Å². The van der Waals surface area contributed by atoms with E-state index in [9.17, 15) is 26.4 Å². The Bertz CT molecular complexity index is 631. The zero-order valence-electron chi connectivity index (χ0n) is 13.3. The second kappa shape index (κ2) is 6.67. The standard InChI is InChI=1S/C15H21F3O5S/c1-14(8-10-3-2-4-11(7-10)9-14)13(19)23-6-5-12(16)15(17,18)24(20,21)22/h8,11-12H,2-7,9H2,1H3,(H,20,21,22). The molecule has 1 saturated carbocycles. The summed E-state index contributed by atoms with van der Waals surface area (Å²) in [5.41, 5.74) is 0.314. The number of carbonyl (C=O) groups excluding carboxylic acids is 1. The molecule has 2 aliphatic rings. The minimum absolute atomic E-state index is 0.383. The van der Waals surface area contributed by atoms with Gasteiger partial charge >= 0.3 is 21.3 Å². The fourth-order valence-corrected chi connectivity index (χ4v) is 3.94. The number of rotatable bonds is 6. The van der Waals surface area contributed by atoms with E-state index in [1.54, 1.807) is 6.92 Å². The minimum Gasteiger partial charge on any atom is -0.465 e. The van der Waals surface area contributed by atoms with Gasteiger partial charge in [0.25, 0.3) is 0 Å². The number of ether oxygens (including phenoxy) is 1. The Morgan fingerprint density at radius 1 is 1.54 bits per heavy atom. The molecule has 0 aromatic heterocycles. The van der Waals surface area contributed by atoms with Gasteiger partial charge in [0.15, 0.2) is 6.17 Å². The molecule has 1 fully saturated rings. The summed E-state index contributed by atoms with van der Waals surface area (Å²) in [6.07, 6.45) is 2.25. The van der Waals surface area contributed by atoms with Crippen molar-refractivity contribution in [3.63, 3.8) is 0 Å². The van der Waals surface area contributed by atoms with Crippen molar-refractivity contribution in [2.24, 2.45) is 11.3 Å². The molecule has 0 heterocycles. The molecule has 138 valence electrons. The van der Waals surface area contributed by atoms with E-state index in [2.05, 4.69) is 0 Å². The van der Waals surface area contributed by atoms with Gasteiger partial charge in [-0.3, -0.25) is 9.35 Å². The summed E-state index contributed by atoms with van der Waals surface area (Å²) >= 11 is 0. The van der Waals surface area contributed by atoms with Gasteiger partial charge in [0, 0.05) is 6.42 Å². The molecule has 5 nitrogen and oxygen atoms in total. The third-order valence-electron chi connectivity index (χ3n) is 4.68. The third-order valence-corrected chi connectivity index (χ3v) is 5.62. The first-order valence-electron chi connectivity index (χ1n) is 7.82. The average Bonchev–Trinajstić information content (AvgIpc) is 2.45. The highest BCUT2D eigenvalue weighted by molar-refractivity contribution is 7.86. The first-order chi connectivity index (χ1) is 11.0. The van der Waals surface area contributed by atoms with E-state index in [4.69, 9.17) is 9.29 Å². The van der Waals surface area contributed by atoms with E-state index in [0.29, 0.717) is 12.3 Å². The minimum atomic E-state index is -5.85. The van der Waals surface area contributed by atoms with Crippen molar-refractivity contribution >= 4 is 16.1 Å². The van der Waals surface area contributed by atoms with Crippen molar-refractivity contribution in [1.82, 2.24) is 0 Å². The number of alkyl halides is 3. The molecule has 3 atom stereocenters. The van der Waals surface area contributed by atoms with Crippen LogP contribution < -0.4 is 0 Å². The summed E-state index contributed by atoms with van der Waals surface area (Å²) in [7, 11) is -5.85. The van der Waals surface area contributed by atoms with E-state index >= 15 is 0 Å². The number of halogens is 3. The monoisotopic (exact) mass is 370 g/mol. The maximum atomic E-state index is 13.4. The second-order valence-electron chi connectivity index (χ2n) is 6.82. The predicted octanol–water partition coefficient (Wildman–Crippen LogP) is 3.27. The Labute approximate surface area is 139 Å². The van der Waals surface area contributed by atoms with Crippen molar-refractivity contribution in [3.05, 3.63) is 11.6 Å². The lowest BCUT2D eigenvalue weighted by Gasteiger charge is -2.37. The fraction of sp³-hybridized carbons (Fsp3) is 0.800. The van der Waals surface area contributed by atoms with Gasteiger partial charge in [0.1, 0.15) is 0 Å². The molecule has 2 bridgehead atoms. The molecule has 0 aromatic rings. The maximum Gasteiger partial charge on any atom is 0.400 e. The zero-order valence-corrected chi connectivity index (χ0v) is 14.1. The van der Waals surface area contributed by atoms with Crippen LogP contribution in [0.5, 0.6) is 0 Å². The van der Waals surface area contributed by atoms with E-state index < -0.39 is 46.0 Å². The van der Waals surface area contributed by atoms with Crippen LogP contribution in [0.25, 0.3) is 0 Å². The maximum absolute atomic E-state index is 13.4. The van der Waals surface area contributed by atoms with Crippen molar-refractivity contribution < 1.29 is 35.7 Å². The lowest BCUT2D eigenvalue weighted by Crippen LogP contribution is -2.40. The molecule has 2 rings (SSSR count). The Hall–Kier alpha value is -1.09. The van der Waals surface area contributed by atoms with Crippen molar-refractivity contribution in [1.29, 1.82) is 0 Å². The van der Waals surface area contributed by atoms with Crippen molar-refractivity contribution in [2.75, 3.05) is 6.61 Å². The summed E-state index contributed by atoms with van der Waals surface area (Å²) in [4.78, 5) is 12.2. The number of fused-ring (bicyclic) bond motifs is 2. The highest BCUT2D eigenvalue weighted by atomic mass is 32.2. The van der Waals surface area contributed by atoms with Crippen LogP contribution in [-0.4, -0.2) is 37.0 Å². The van der Waals surface area contributed by atoms with Crippen molar-refractivity contribution in [3.8, 4) is 0 Å². The predicted molar refractivity (Wildman–Crippen MR) is 79.7 cm³/mol. The van der Waals surface area contributed by atoms with E-state index in [-0.39, 0.29) is 0 Å². The van der Waals surface area contributed by atoms with Crippen LogP contribution >= 0.6 is 0 Å². The topological polar surface area (TPSA) is 80.7 Å². The Morgan fingerprint density at radius 3 is 2.79 bits per heavy atom. The lowest BCUT2D eigenvalue weighted by molar-refractivity contribution is -0.154. The molecule has 0 radical (unpaired) electrons. The van der Waals surface area contributed by atoms with Crippen LogP contribution in [-0.2, 0) is 19.6 Å². The SMILES string of the molecule is CC1(C(=O)OCCC(F)C(F)(F)S(=O)(=O)O)C=C2CCCC(C2)C1. The Morgan fingerprint density at radius 2 is 2.21 bits per heavy atom. The van der Waals surface area contributed by atoms with Crippen LogP contribution in [0.4, 0.5) is 13.2 Å². The first kappa shape index (κ1) is 19.2. The van der Waals surface area contributed by atoms with Crippen molar-refractivity contribution in [2.45, 2.75) is 56.9 Å². The molecule has 9 heteroatoms. The summed E-state index contributed by atoms with van der Waals surface area (Å²) < 4.78 is 73.6. The van der Waals surface area contributed by atoms with Crippen LogP contribution in [0.2, 0.25) is 0 Å². The van der Waals surface area contributed by atoms with Crippen LogP contribution in [0.1, 0.15) is 45.4 Å². The lowest BCUT2D eigenvalue weighted by atomic mass is 9.68.